The van der Waals surface area contributed by atoms with Gasteiger partial charge < -0.3 is 11.5 Å². The molecule has 8 heteroatoms. The molecule has 4 N–H and O–H groups in total. The molecule has 124 valence electrons. The predicted octanol–water partition coefficient (Wildman–Crippen LogP) is 4.28. The van der Waals surface area contributed by atoms with Crippen LogP contribution in [-0.2, 0) is 0 Å². The summed E-state index contributed by atoms with van der Waals surface area (Å²) in [5.41, 5.74) is 13.6. The number of benzene rings is 1. The van der Waals surface area contributed by atoms with Crippen LogP contribution in [-0.4, -0.2) is 17.6 Å². The minimum atomic E-state index is -0.473. The lowest BCUT2D eigenvalue weighted by Gasteiger charge is -2.46. The van der Waals surface area contributed by atoms with Crippen LogP contribution in [0.3, 0.4) is 0 Å². The van der Waals surface area contributed by atoms with Gasteiger partial charge in [-0.3, -0.25) is 4.90 Å². The topological polar surface area (TPSA) is 80.0 Å². The van der Waals surface area contributed by atoms with Gasteiger partial charge in [0.1, 0.15) is 5.66 Å². The Morgan fingerprint density at radius 3 is 2.52 bits per heavy atom. The smallest absolute Gasteiger partial charge is 0.220 e. The Morgan fingerprint density at radius 1 is 1.22 bits per heavy atom. The molecule has 0 amide bonds. The molecule has 0 saturated heterocycles. The molecular weight excluding hydrogens is 445 g/mol. The first-order valence-electron chi connectivity index (χ1n) is 7.49. The van der Waals surface area contributed by atoms with Gasteiger partial charge in [0.2, 0.25) is 11.9 Å². The molecule has 0 atom stereocenters. The highest BCUT2D eigenvalue weighted by atomic mass is 79.9. The lowest BCUT2D eigenvalue weighted by molar-refractivity contribution is 0.305. The lowest BCUT2D eigenvalue weighted by atomic mass is 9.87. The zero-order valence-electron chi connectivity index (χ0n) is 12.7. The molecule has 23 heavy (non-hydrogen) atoms. The Kier molecular flexibility index (Phi) is 4.64. The number of hydrogen-bond donors (Lipinski definition) is 2. The molecule has 1 fully saturated rings. The highest BCUT2D eigenvalue weighted by Gasteiger charge is 2.44. The SMILES string of the molecule is Cc1c(Cl)cc(Br)c(N2C(N)=NC(N)=NC23CCCCC3)c1Br. The summed E-state index contributed by atoms with van der Waals surface area (Å²) in [6, 6.07) is 1.88. The first-order chi connectivity index (χ1) is 10.9. The Hall–Kier alpha value is -0.790. The Balaban J connectivity index is 2.21. The van der Waals surface area contributed by atoms with Crippen molar-refractivity contribution in [2.45, 2.75) is 44.7 Å². The van der Waals surface area contributed by atoms with Gasteiger partial charge in [-0.15, -0.1) is 0 Å². The van der Waals surface area contributed by atoms with Crippen LogP contribution in [0.4, 0.5) is 5.69 Å². The summed E-state index contributed by atoms with van der Waals surface area (Å²) < 4.78 is 1.73. The number of halogens is 3. The standard InChI is InChI=1S/C15H18Br2ClN5/c1-8-10(18)7-9(16)12(11(8)17)23-14(20)21-13(19)22-15(23)5-3-2-4-6-15/h7H,2-6H2,1H3,(H4,19,20,21,22). The third-order valence-corrected chi connectivity index (χ3v) is 6.42. The molecule has 0 radical (unpaired) electrons. The molecule has 1 heterocycles. The van der Waals surface area contributed by atoms with Crippen LogP contribution in [0.15, 0.2) is 25.0 Å². The molecule has 1 aliphatic carbocycles. The van der Waals surface area contributed by atoms with Crippen molar-refractivity contribution in [2.75, 3.05) is 4.90 Å². The number of anilines is 1. The fraction of sp³-hybridized carbons (Fsp3) is 0.467. The fourth-order valence-electron chi connectivity index (χ4n) is 3.33. The molecule has 5 nitrogen and oxygen atoms in total. The van der Waals surface area contributed by atoms with Crippen LogP contribution in [0, 0.1) is 6.92 Å². The third kappa shape index (κ3) is 2.87. The largest absolute Gasteiger partial charge is 0.369 e. The molecular formula is C15H18Br2ClN5. The van der Waals surface area contributed by atoms with E-state index in [9.17, 15) is 0 Å². The second-order valence-corrected chi connectivity index (χ2v) is 8.00. The monoisotopic (exact) mass is 461 g/mol. The van der Waals surface area contributed by atoms with E-state index >= 15 is 0 Å². The number of nitrogens with zero attached hydrogens (tertiary/aromatic N) is 3. The van der Waals surface area contributed by atoms with Crippen molar-refractivity contribution in [1.82, 2.24) is 0 Å². The molecule has 1 spiro atoms. The van der Waals surface area contributed by atoms with Crippen LogP contribution >= 0.6 is 43.5 Å². The molecule has 3 rings (SSSR count). The molecule has 2 aliphatic rings. The third-order valence-electron chi connectivity index (χ3n) is 4.45. The van der Waals surface area contributed by atoms with Crippen LogP contribution in [0.2, 0.25) is 5.02 Å². The van der Waals surface area contributed by atoms with Crippen LogP contribution in [0.25, 0.3) is 0 Å². The number of rotatable bonds is 1. The first kappa shape index (κ1) is 17.0. The predicted molar refractivity (Wildman–Crippen MR) is 103 cm³/mol. The highest BCUT2D eigenvalue weighted by molar-refractivity contribution is 9.11. The minimum absolute atomic E-state index is 0.249. The normalized spacial score (nSPS) is 20.4. The fourth-order valence-corrected chi connectivity index (χ4v) is 5.25. The molecule has 1 saturated carbocycles. The summed E-state index contributed by atoms with van der Waals surface area (Å²) in [5.74, 6) is 0.612. The zero-order chi connectivity index (χ0) is 16.8. The van der Waals surface area contributed by atoms with Crippen molar-refractivity contribution < 1.29 is 0 Å². The second-order valence-electron chi connectivity index (χ2n) is 5.95. The van der Waals surface area contributed by atoms with Crippen molar-refractivity contribution in [3.63, 3.8) is 0 Å². The van der Waals surface area contributed by atoms with Crippen LogP contribution in [0.5, 0.6) is 0 Å². The molecule has 0 aromatic heterocycles. The summed E-state index contributed by atoms with van der Waals surface area (Å²) in [4.78, 5) is 10.9. The Labute approximate surface area is 157 Å². The minimum Gasteiger partial charge on any atom is -0.369 e. The van der Waals surface area contributed by atoms with Crippen molar-refractivity contribution in [3.05, 3.63) is 25.6 Å². The van der Waals surface area contributed by atoms with Crippen molar-refractivity contribution in [3.8, 4) is 0 Å². The van der Waals surface area contributed by atoms with Gasteiger partial charge in [0.25, 0.3) is 0 Å². The molecule has 0 bridgehead atoms. The van der Waals surface area contributed by atoms with Crippen molar-refractivity contribution in [1.29, 1.82) is 0 Å². The quantitative estimate of drug-likeness (QED) is 0.652. The summed E-state index contributed by atoms with van der Waals surface area (Å²) in [5, 5.41) is 0.681. The lowest BCUT2D eigenvalue weighted by Crippen LogP contribution is -2.58. The van der Waals surface area contributed by atoms with Crippen LogP contribution in [0.1, 0.15) is 37.7 Å². The summed E-state index contributed by atoms with van der Waals surface area (Å²) >= 11 is 13.6. The summed E-state index contributed by atoms with van der Waals surface area (Å²) in [6.07, 6.45) is 5.16. The van der Waals surface area contributed by atoms with Crippen molar-refractivity contribution in [2.24, 2.45) is 21.5 Å². The van der Waals surface area contributed by atoms with E-state index in [0.29, 0.717) is 11.0 Å². The van der Waals surface area contributed by atoms with E-state index in [4.69, 9.17) is 28.1 Å². The summed E-state index contributed by atoms with van der Waals surface area (Å²) in [7, 11) is 0. The van der Waals surface area contributed by atoms with Gasteiger partial charge in [-0.05, 0) is 76.1 Å². The van der Waals surface area contributed by atoms with Crippen molar-refractivity contribution >= 4 is 61.1 Å². The van der Waals surface area contributed by atoms with E-state index in [1.54, 1.807) is 0 Å². The Bertz CT molecular complexity index is 710. The zero-order valence-corrected chi connectivity index (χ0v) is 16.7. The van der Waals surface area contributed by atoms with E-state index in [0.717, 1.165) is 45.9 Å². The number of nitrogens with two attached hydrogens (primary N) is 2. The van der Waals surface area contributed by atoms with E-state index in [-0.39, 0.29) is 5.96 Å². The Morgan fingerprint density at radius 2 is 1.87 bits per heavy atom. The van der Waals surface area contributed by atoms with Gasteiger partial charge in [0.15, 0.2) is 0 Å². The van der Waals surface area contributed by atoms with Crippen LogP contribution < -0.4 is 16.4 Å². The highest BCUT2D eigenvalue weighted by Crippen LogP contribution is 2.47. The maximum absolute atomic E-state index is 6.28. The number of hydrogen-bond acceptors (Lipinski definition) is 5. The second kappa shape index (κ2) is 6.26. The van der Waals surface area contributed by atoms with Gasteiger partial charge in [0, 0.05) is 14.0 Å². The maximum atomic E-state index is 6.28. The molecule has 0 unspecified atom stereocenters. The van der Waals surface area contributed by atoms with E-state index in [1.807, 2.05) is 17.9 Å². The first-order valence-corrected chi connectivity index (χ1v) is 9.46. The number of guanidine groups is 2. The molecule has 1 aromatic rings. The molecule has 1 aromatic carbocycles. The van der Waals surface area contributed by atoms with Gasteiger partial charge in [-0.25, -0.2) is 4.99 Å². The molecule has 1 aliphatic heterocycles. The van der Waals surface area contributed by atoms with E-state index in [2.05, 4.69) is 36.9 Å². The number of aliphatic imine (C=N–C) groups is 2. The van der Waals surface area contributed by atoms with Gasteiger partial charge >= 0.3 is 0 Å². The average molecular weight is 464 g/mol. The van der Waals surface area contributed by atoms with E-state index in [1.165, 1.54) is 6.42 Å². The van der Waals surface area contributed by atoms with E-state index < -0.39 is 5.66 Å². The maximum Gasteiger partial charge on any atom is 0.220 e. The van der Waals surface area contributed by atoms with Gasteiger partial charge in [0.05, 0.1) is 5.69 Å². The van der Waals surface area contributed by atoms with Gasteiger partial charge in [-0.2, -0.15) is 4.99 Å². The average Bonchev–Trinajstić information content (AvgIpc) is 2.48. The summed E-state index contributed by atoms with van der Waals surface area (Å²) in [6.45, 7) is 1.96. The van der Waals surface area contributed by atoms with Gasteiger partial charge in [-0.1, -0.05) is 18.0 Å².